The average molecular weight is 251 g/mol. The van der Waals surface area contributed by atoms with Crippen molar-refractivity contribution in [3.8, 4) is 0 Å². The van der Waals surface area contributed by atoms with Gasteiger partial charge in [0.15, 0.2) is 0 Å². The molecule has 0 heterocycles. The zero-order chi connectivity index (χ0) is 12.0. The molecule has 0 amide bonds. The Bertz CT molecular complexity index is 287. The van der Waals surface area contributed by atoms with E-state index < -0.39 is 10.0 Å². The van der Waals surface area contributed by atoms with Gasteiger partial charge in [0.25, 0.3) is 0 Å². The Hall–Kier alpha value is -0.170. The number of rotatable bonds is 9. The first-order chi connectivity index (χ1) is 7.61. The molecule has 5 nitrogen and oxygen atoms in total. The molecule has 96 valence electrons. The Balaban J connectivity index is 2.47. The standard InChI is InChI=1S/C10H21NO4S/c1-15-8-6-11(10-4-5-10)16(13,14)9-3-2-7-12/h10,12H,2-9H2,1H3. The Labute approximate surface area is 97.4 Å². The van der Waals surface area contributed by atoms with Crippen molar-refractivity contribution in [1.29, 1.82) is 0 Å². The molecule has 0 radical (unpaired) electrons. The molecule has 0 unspecified atom stereocenters. The van der Waals surface area contributed by atoms with Crippen molar-refractivity contribution in [3.05, 3.63) is 0 Å². The van der Waals surface area contributed by atoms with Crippen LogP contribution >= 0.6 is 0 Å². The first-order valence-electron chi connectivity index (χ1n) is 5.71. The minimum atomic E-state index is -3.16. The lowest BCUT2D eigenvalue weighted by atomic mass is 10.4. The molecule has 0 saturated heterocycles. The van der Waals surface area contributed by atoms with Crippen LogP contribution in [-0.4, -0.2) is 56.5 Å². The van der Waals surface area contributed by atoms with Crippen molar-refractivity contribution >= 4 is 10.0 Å². The van der Waals surface area contributed by atoms with Crippen LogP contribution in [0.15, 0.2) is 0 Å². The molecule has 1 N–H and O–H groups in total. The second-order valence-corrected chi connectivity index (χ2v) is 6.12. The molecule has 1 aliphatic rings. The van der Waals surface area contributed by atoms with E-state index in [-0.39, 0.29) is 18.4 Å². The maximum atomic E-state index is 12.0. The summed E-state index contributed by atoms with van der Waals surface area (Å²) in [7, 11) is -1.59. The lowest BCUT2D eigenvalue weighted by Gasteiger charge is -2.21. The summed E-state index contributed by atoms with van der Waals surface area (Å²) in [5.41, 5.74) is 0. The van der Waals surface area contributed by atoms with Gasteiger partial charge in [0.1, 0.15) is 0 Å². The molecule has 1 saturated carbocycles. The molecule has 0 atom stereocenters. The van der Waals surface area contributed by atoms with E-state index in [0.29, 0.717) is 26.0 Å². The highest BCUT2D eigenvalue weighted by Crippen LogP contribution is 2.29. The summed E-state index contributed by atoms with van der Waals surface area (Å²) in [5.74, 6) is 0.133. The van der Waals surface area contributed by atoms with Gasteiger partial charge < -0.3 is 9.84 Å². The van der Waals surface area contributed by atoms with Crippen LogP contribution in [0.4, 0.5) is 0 Å². The SMILES string of the molecule is COCCN(C1CC1)S(=O)(=O)CCCCO. The third-order valence-corrected chi connectivity index (χ3v) is 4.64. The van der Waals surface area contributed by atoms with Crippen LogP contribution in [0.3, 0.4) is 0 Å². The fourth-order valence-corrected chi connectivity index (χ4v) is 3.43. The number of hydrogen-bond acceptors (Lipinski definition) is 4. The van der Waals surface area contributed by atoms with Crippen LogP contribution < -0.4 is 0 Å². The minimum absolute atomic E-state index is 0.0526. The molecule has 0 aromatic rings. The summed E-state index contributed by atoms with van der Waals surface area (Å²) in [6.45, 7) is 0.940. The zero-order valence-electron chi connectivity index (χ0n) is 9.76. The number of aliphatic hydroxyl groups excluding tert-OH is 1. The van der Waals surface area contributed by atoms with E-state index in [1.165, 1.54) is 0 Å². The summed E-state index contributed by atoms with van der Waals surface area (Å²) in [5, 5.41) is 8.64. The Morgan fingerprint density at radius 2 is 2.06 bits per heavy atom. The topological polar surface area (TPSA) is 66.8 Å². The highest BCUT2D eigenvalue weighted by Gasteiger charge is 2.36. The molecule has 16 heavy (non-hydrogen) atoms. The van der Waals surface area contributed by atoms with Gasteiger partial charge in [-0.25, -0.2) is 8.42 Å². The smallest absolute Gasteiger partial charge is 0.214 e. The highest BCUT2D eigenvalue weighted by molar-refractivity contribution is 7.89. The van der Waals surface area contributed by atoms with Crippen LogP contribution in [0.2, 0.25) is 0 Å². The molecule has 0 aliphatic heterocycles. The molecule has 0 aromatic carbocycles. The largest absolute Gasteiger partial charge is 0.396 e. The van der Waals surface area contributed by atoms with E-state index in [1.807, 2.05) is 0 Å². The van der Waals surface area contributed by atoms with Crippen molar-refractivity contribution in [3.63, 3.8) is 0 Å². The lowest BCUT2D eigenvalue weighted by Crippen LogP contribution is -2.37. The van der Waals surface area contributed by atoms with Crippen LogP contribution in [0, 0.1) is 0 Å². The Kier molecular flexibility index (Phi) is 5.68. The normalized spacial score (nSPS) is 16.9. The molecule has 0 spiro atoms. The van der Waals surface area contributed by atoms with Gasteiger partial charge >= 0.3 is 0 Å². The third-order valence-electron chi connectivity index (χ3n) is 2.64. The number of aliphatic hydroxyl groups is 1. The summed E-state index contributed by atoms with van der Waals surface area (Å²) in [6, 6.07) is 0.189. The van der Waals surface area contributed by atoms with Crippen molar-refractivity contribution < 1.29 is 18.3 Å². The average Bonchev–Trinajstić information content (AvgIpc) is 3.02. The lowest BCUT2D eigenvalue weighted by molar-refractivity contribution is 0.177. The van der Waals surface area contributed by atoms with Gasteiger partial charge in [-0.2, -0.15) is 4.31 Å². The van der Waals surface area contributed by atoms with Gasteiger partial charge in [0.2, 0.25) is 10.0 Å². The molecule has 1 fully saturated rings. The maximum absolute atomic E-state index is 12.0. The van der Waals surface area contributed by atoms with E-state index in [4.69, 9.17) is 9.84 Å². The van der Waals surface area contributed by atoms with E-state index in [1.54, 1.807) is 11.4 Å². The predicted octanol–water partition coefficient (Wildman–Crippen LogP) is 0.200. The van der Waals surface area contributed by atoms with Crippen molar-refractivity contribution in [2.24, 2.45) is 0 Å². The number of sulfonamides is 1. The molecular weight excluding hydrogens is 230 g/mol. The first-order valence-corrected chi connectivity index (χ1v) is 7.32. The fourth-order valence-electron chi connectivity index (χ4n) is 1.61. The molecule has 0 bridgehead atoms. The van der Waals surface area contributed by atoms with Crippen LogP contribution in [0.25, 0.3) is 0 Å². The van der Waals surface area contributed by atoms with Gasteiger partial charge in [-0.05, 0) is 25.7 Å². The molecular formula is C10H21NO4S. The van der Waals surface area contributed by atoms with Crippen molar-refractivity contribution in [1.82, 2.24) is 4.31 Å². The van der Waals surface area contributed by atoms with Gasteiger partial charge in [0, 0.05) is 26.3 Å². The Morgan fingerprint density at radius 3 is 2.56 bits per heavy atom. The van der Waals surface area contributed by atoms with Crippen LogP contribution in [-0.2, 0) is 14.8 Å². The fraction of sp³-hybridized carbons (Fsp3) is 1.00. The molecule has 0 aromatic heterocycles. The quantitative estimate of drug-likeness (QED) is 0.594. The molecule has 1 rings (SSSR count). The number of unbranched alkanes of at least 4 members (excludes halogenated alkanes) is 1. The maximum Gasteiger partial charge on any atom is 0.214 e. The highest BCUT2D eigenvalue weighted by atomic mass is 32.2. The number of hydrogen-bond donors (Lipinski definition) is 1. The first kappa shape index (κ1) is 13.9. The van der Waals surface area contributed by atoms with Gasteiger partial charge in [-0.3, -0.25) is 0 Å². The number of methoxy groups -OCH3 is 1. The van der Waals surface area contributed by atoms with E-state index in [0.717, 1.165) is 12.8 Å². The van der Waals surface area contributed by atoms with E-state index in [2.05, 4.69) is 0 Å². The number of ether oxygens (including phenoxy) is 1. The van der Waals surface area contributed by atoms with Gasteiger partial charge in [-0.1, -0.05) is 0 Å². The monoisotopic (exact) mass is 251 g/mol. The molecule has 6 heteroatoms. The van der Waals surface area contributed by atoms with Crippen molar-refractivity contribution in [2.75, 3.05) is 32.6 Å². The second-order valence-electron chi connectivity index (χ2n) is 4.08. The summed E-state index contributed by atoms with van der Waals surface area (Å²) < 4.78 is 30.5. The van der Waals surface area contributed by atoms with Gasteiger partial charge in [0.05, 0.1) is 12.4 Å². The van der Waals surface area contributed by atoms with Crippen LogP contribution in [0.5, 0.6) is 0 Å². The van der Waals surface area contributed by atoms with Gasteiger partial charge in [-0.15, -0.1) is 0 Å². The van der Waals surface area contributed by atoms with E-state index >= 15 is 0 Å². The summed E-state index contributed by atoms with van der Waals surface area (Å²) >= 11 is 0. The number of nitrogens with zero attached hydrogens (tertiary/aromatic N) is 1. The zero-order valence-corrected chi connectivity index (χ0v) is 10.6. The molecule has 1 aliphatic carbocycles. The minimum Gasteiger partial charge on any atom is -0.396 e. The second kappa shape index (κ2) is 6.54. The predicted molar refractivity (Wildman–Crippen MR) is 61.7 cm³/mol. The van der Waals surface area contributed by atoms with Crippen LogP contribution in [0.1, 0.15) is 25.7 Å². The Morgan fingerprint density at radius 1 is 1.38 bits per heavy atom. The summed E-state index contributed by atoms with van der Waals surface area (Å²) in [6.07, 6.45) is 2.99. The third kappa shape index (κ3) is 4.37. The van der Waals surface area contributed by atoms with Crippen molar-refractivity contribution in [2.45, 2.75) is 31.7 Å². The summed E-state index contributed by atoms with van der Waals surface area (Å²) in [4.78, 5) is 0. The van der Waals surface area contributed by atoms with E-state index in [9.17, 15) is 8.42 Å².